The Morgan fingerprint density at radius 1 is 1.27 bits per heavy atom. The van der Waals surface area contributed by atoms with Gasteiger partial charge in [-0.05, 0) is 42.4 Å². The molecule has 2 atom stereocenters. The maximum Gasteiger partial charge on any atom is 0.488 e. The van der Waals surface area contributed by atoms with E-state index in [0.29, 0.717) is 17.4 Å². The van der Waals surface area contributed by atoms with E-state index in [4.69, 9.17) is 10.0 Å². The zero-order valence-electron chi connectivity index (χ0n) is 12.1. The van der Waals surface area contributed by atoms with E-state index >= 15 is 0 Å². The van der Waals surface area contributed by atoms with Crippen LogP contribution in [0.2, 0.25) is 0 Å². The lowest BCUT2D eigenvalue weighted by molar-refractivity contribution is 0.0918. The summed E-state index contributed by atoms with van der Waals surface area (Å²) in [6.07, 6.45) is -0.165. The summed E-state index contributed by atoms with van der Waals surface area (Å²) in [6, 6.07) is 9.61. The molecule has 1 heterocycles. The lowest BCUT2D eigenvalue weighted by atomic mass is 9.80. The summed E-state index contributed by atoms with van der Waals surface area (Å²) in [7, 11) is -1.54. The highest BCUT2D eigenvalue weighted by molar-refractivity contribution is 7.10. The average molecular weight is 319 g/mol. The summed E-state index contributed by atoms with van der Waals surface area (Å²) in [5.41, 5.74) is 0.763. The minimum absolute atomic E-state index is 0.187. The largest absolute Gasteiger partial charge is 0.488 e. The second-order valence-electron chi connectivity index (χ2n) is 5.14. The minimum Gasteiger partial charge on any atom is -0.423 e. The molecule has 0 saturated carbocycles. The molecule has 0 aliphatic carbocycles. The highest BCUT2D eigenvalue weighted by Gasteiger charge is 2.17. The Kier molecular flexibility index (Phi) is 5.73. The van der Waals surface area contributed by atoms with Gasteiger partial charge in [-0.25, -0.2) is 0 Å². The minimum atomic E-state index is -1.54. The van der Waals surface area contributed by atoms with Crippen LogP contribution in [-0.4, -0.2) is 34.2 Å². The van der Waals surface area contributed by atoms with E-state index in [1.807, 2.05) is 24.4 Å². The lowest BCUT2D eigenvalue weighted by Crippen LogP contribution is -2.34. The number of thiophene rings is 1. The van der Waals surface area contributed by atoms with Gasteiger partial charge in [0.15, 0.2) is 0 Å². The van der Waals surface area contributed by atoms with Crippen molar-refractivity contribution in [3.63, 3.8) is 0 Å². The maximum absolute atomic E-state index is 12.1. The van der Waals surface area contributed by atoms with Crippen molar-refractivity contribution in [2.45, 2.75) is 25.5 Å². The first-order valence-corrected chi connectivity index (χ1v) is 7.83. The van der Waals surface area contributed by atoms with Gasteiger partial charge in [-0.1, -0.05) is 18.2 Å². The van der Waals surface area contributed by atoms with Gasteiger partial charge in [0.2, 0.25) is 0 Å². The standard InChI is InChI=1S/C15H18BNO4S/c1-10(9-13(18)14-3-2-8-22-14)17-15(19)11-4-6-12(7-5-11)16(20)21/h2-8,10,13,18,20-21H,9H2,1H3,(H,17,19). The number of hydrogen-bond donors (Lipinski definition) is 4. The predicted molar refractivity (Wildman–Crippen MR) is 87.1 cm³/mol. The number of nitrogens with one attached hydrogen (secondary N) is 1. The zero-order chi connectivity index (χ0) is 16.1. The van der Waals surface area contributed by atoms with Crippen LogP contribution in [0.1, 0.15) is 34.7 Å². The number of hydrogen-bond acceptors (Lipinski definition) is 5. The quantitative estimate of drug-likeness (QED) is 0.589. The molecule has 2 rings (SSSR count). The lowest BCUT2D eigenvalue weighted by Gasteiger charge is -2.17. The van der Waals surface area contributed by atoms with E-state index in [1.165, 1.54) is 35.6 Å². The molecule has 1 aromatic heterocycles. The second kappa shape index (κ2) is 7.55. The summed E-state index contributed by atoms with van der Waals surface area (Å²) in [5, 5.41) is 32.8. The molecule has 0 aliphatic heterocycles. The molecule has 0 spiro atoms. The van der Waals surface area contributed by atoms with Gasteiger partial charge in [0, 0.05) is 16.5 Å². The topological polar surface area (TPSA) is 89.8 Å². The molecule has 2 aromatic rings. The number of aliphatic hydroxyl groups excluding tert-OH is 1. The number of rotatable bonds is 6. The Morgan fingerprint density at radius 2 is 1.95 bits per heavy atom. The van der Waals surface area contributed by atoms with Crippen LogP contribution in [0.4, 0.5) is 0 Å². The summed E-state index contributed by atoms with van der Waals surface area (Å²) in [5.74, 6) is -0.259. The third kappa shape index (κ3) is 4.41. The third-order valence-electron chi connectivity index (χ3n) is 3.30. The van der Waals surface area contributed by atoms with Crippen molar-refractivity contribution in [2.24, 2.45) is 0 Å². The molecule has 2 unspecified atom stereocenters. The summed E-state index contributed by atoms with van der Waals surface area (Å²) >= 11 is 1.48. The number of carbonyl (C=O) groups excluding carboxylic acids is 1. The first kappa shape index (κ1) is 16.7. The molecule has 0 aliphatic rings. The number of benzene rings is 1. The fraction of sp³-hybridized carbons (Fsp3) is 0.267. The molecule has 4 N–H and O–H groups in total. The fourth-order valence-electron chi connectivity index (χ4n) is 2.10. The molecule has 0 fully saturated rings. The molecule has 22 heavy (non-hydrogen) atoms. The molecule has 1 aromatic carbocycles. The van der Waals surface area contributed by atoms with Crippen LogP contribution in [0, 0.1) is 0 Å². The molecular formula is C15H18BNO4S. The summed E-state index contributed by atoms with van der Waals surface area (Å²) < 4.78 is 0. The third-order valence-corrected chi connectivity index (χ3v) is 4.27. The van der Waals surface area contributed by atoms with Gasteiger partial charge in [0.1, 0.15) is 0 Å². The average Bonchev–Trinajstić information content (AvgIpc) is 3.01. The fourth-order valence-corrected chi connectivity index (χ4v) is 2.83. The summed E-state index contributed by atoms with van der Waals surface area (Å²) in [4.78, 5) is 13.0. The van der Waals surface area contributed by atoms with E-state index in [2.05, 4.69) is 5.32 Å². The molecule has 0 radical (unpaired) electrons. The van der Waals surface area contributed by atoms with Gasteiger partial charge in [0.05, 0.1) is 6.10 Å². The SMILES string of the molecule is CC(CC(O)c1cccs1)NC(=O)c1ccc(B(O)O)cc1. The van der Waals surface area contributed by atoms with E-state index in [1.54, 1.807) is 0 Å². The zero-order valence-corrected chi connectivity index (χ0v) is 13.0. The van der Waals surface area contributed by atoms with Crippen molar-refractivity contribution in [3.05, 3.63) is 52.2 Å². The molecule has 0 saturated heterocycles. The maximum atomic E-state index is 12.1. The Morgan fingerprint density at radius 3 is 2.50 bits per heavy atom. The van der Waals surface area contributed by atoms with Crippen molar-refractivity contribution in [1.82, 2.24) is 5.32 Å². The van der Waals surface area contributed by atoms with Crippen LogP contribution in [0.15, 0.2) is 41.8 Å². The van der Waals surface area contributed by atoms with E-state index in [0.717, 1.165) is 4.88 Å². The Hall–Kier alpha value is -1.67. The Balaban J connectivity index is 1.90. The van der Waals surface area contributed by atoms with E-state index in [9.17, 15) is 9.90 Å². The van der Waals surface area contributed by atoms with E-state index in [-0.39, 0.29) is 11.9 Å². The predicted octanol–water partition coefficient (Wildman–Crippen LogP) is 0.670. The van der Waals surface area contributed by atoms with Gasteiger partial charge in [0.25, 0.3) is 5.91 Å². The van der Waals surface area contributed by atoms with Crippen molar-refractivity contribution in [3.8, 4) is 0 Å². The molecule has 7 heteroatoms. The first-order chi connectivity index (χ1) is 10.5. The molecule has 1 amide bonds. The van der Waals surface area contributed by atoms with Crippen LogP contribution < -0.4 is 10.8 Å². The Labute approximate surface area is 133 Å². The van der Waals surface area contributed by atoms with Crippen molar-refractivity contribution < 1.29 is 19.9 Å². The smallest absolute Gasteiger partial charge is 0.423 e. The van der Waals surface area contributed by atoms with E-state index < -0.39 is 13.2 Å². The van der Waals surface area contributed by atoms with Gasteiger partial charge < -0.3 is 20.5 Å². The number of aliphatic hydroxyl groups is 1. The normalized spacial score (nSPS) is 13.5. The van der Waals surface area contributed by atoms with Crippen LogP contribution in [-0.2, 0) is 0 Å². The second-order valence-corrected chi connectivity index (χ2v) is 6.12. The van der Waals surface area contributed by atoms with Gasteiger partial charge >= 0.3 is 7.12 Å². The molecule has 0 bridgehead atoms. The highest BCUT2D eigenvalue weighted by Crippen LogP contribution is 2.22. The van der Waals surface area contributed by atoms with Crippen LogP contribution in [0.5, 0.6) is 0 Å². The van der Waals surface area contributed by atoms with Crippen molar-refractivity contribution in [1.29, 1.82) is 0 Å². The van der Waals surface area contributed by atoms with Gasteiger partial charge in [-0.2, -0.15) is 0 Å². The molecule has 5 nitrogen and oxygen atoms in total. The number of carbonyl (C=O) groups is 1. The summed E-state index contributed by atoms with van der Waals surface area (Å²) in [6.45, 7) is 1.83. The molecule has 116 valence electrons. The number of amides is 1. The van der Waals surface area contributed by atoms with Gasteiger partial charge in [-0.15, -0.1) is 11.3 Å². The molecular weight excluding hydrogens is 301 g/mol. The monoisotopic (exact) mass is 319 g/mol. The van der Waals surface area contributed by atoms with Crippen molar-refractivity contribution in [2.75, 3.05) is 0 Å². The van der Waals surface area contributed by atoms with Crippen molar-refractivity contribution >= 4 is 29.8 Å². The highest BCUT2D eigenvalue weighted by atomic mass is 32.1. The van der Waals surface area contributed by atoms with Crippen LogP contribution >= 0.6 is 11.3 Å². The van der Waals surface area contributed by atoms with Crippen LogP contribution in [0.3, 0.4) is 0 Å². The Bertz CT molecular complexity index is 601. The van der Waals surface area contributed by atoms with Crippen LogP contribution in [0.25, 0.3) is 0 Å². The first-order valence-electron chi connectivity index (χ1n) is 6.96. The van der Waals surface area contributed by atoms with Gasteiger partial charge in [-0.3, -0.25) is 4.79 Å².